The summed E-state index contributed by atoms with van der Waals surface area (Å²) in [6, 6.07) is 15.3. The second kappa shape index (κ2) is 12.3. The summed E-state index contributed by atoms with van der Waals surface area (Å²) in [4.78, 5) is 15.6. The fourth-order valence-corrected chi connectivity index (χ4v) is 4.17. The Morgan fingerprint density at radius 1 is 1.05 bits per heavy atom. The van der Waals surface area contributed by atoms with Crippen LogP contribution in [0.25, 0.3) is 0 Å². The lowest BCUT2D eigenvalue weighted by atomic mass is 9.86. The third kappa shape index (κ3) is 6.17. The average molecular weight is 527 g/mol. The van der Waals surface area contributed by atoms with Crippen molar-refractivity contribution in [1.82, 2.24) is 4.98 Å². The first-order chi connectivity index (χ1) is 18.4. The number of nitrogens with zero attached hydrogens (tertiary/aromatic N) is 2. The van der Waals surface area contributed by atoms with Crippen LogP contribution in [0, 0.1) is 34.8 Å². The van der Waals surface area contributed by atoms with Crippen LogP contribution in [0.4, 0.5) is 13.2 Å². The van der Waals surface area contributed by atoms with Gasteiger partial charge in [-0.25, -0.2) is 0 Å². The van der Waals surface area contributed by atoms with E-state index < -0.39 is 47.2 Å². The Morgan fingerprint density at radius 2 is 1.82 bits per heavy atom. The molecule has 3 aromatic rings. The molecule has 198 valence electrons. The van der Waals surface area contributed by atoms with Crippen LogP contribution in [0.5, 0.6) is 23.1 Å². The minimum absolute atomic E-state index is 0.121. The Kier molecular flexibility index (Phi) is 8.69. The minimum atomic E-state index is -1.65. The zero-order valence-corrected chi connectivity index (χ0v) is 20.6. The van der Waals surface area contributed by atoms with Gasteiger partial charge in [0.05, 0.1) is 24.2 Å². The molecule has 38 heavy (non-hydrogen) atoms. The Balaban J connectivity index is 1.63. The number of hydrogen-bond donors (Lipinski definition) is 0. The van der Waals surface area contributed by atoms with Crippen molar-refractivity contribution in [3.05, 3.63) is 77.2 Å². The monoisotopic (exact) mass is 526 g/mol. The summed E-state index contributed by atoms with van der Waals surface area (Å²) in [5.74, 6) is -7.96. The van der Waals surface area contributed by atoms with Gasteiger partial charge in [0.15, 0.2) is 11.5 Å². The summed E-state index contributed by atoms with van der Waals surface area (Å²) in [7, 11) is 0. The van der Waals surface area contributed by atoms with Crippen LogP contribution in [0.2, 0.25) is 0 Å². The maximum Gasteiger partial charge on any atom is 0.312 e. The van der Waals surface area contributed by atoms with E-state index in [4.69, 9.17) is 18.9 Å². The van der Waals surface area contributed by atoms with Gasteiger partial charge < -0.3 is 18.9 Å². The van der Waals surface area contributed by atoms with Crippen LogP contribution in [-0.2, 0) is 16.1 Å². The molecule has 1 aromatic heterocycles. The lowest BCUT2D eigenvalue weighted by molar-refractivity contribution is -0.153. The predicted octanol–water partition coefficient (Wildman–Crippen LogP) is 6.24. The topological polar surface area (TPSA) is 90.7 Å². The fraction of sp³-hybridized carbons (Fsp3) is 0.321. The molecule has 10 heteroatoms. The van der Waals surface area contributed by atoms with E-state index in [9.17, 15) is 18.8 Å². The van der Waals surface area contributed by atoms with E-state index in [-0.39, 0.29) is 30.3 Å². The average Bonchev–Trinajstić information content (AvgIpc) is 2.94. The van der Waals surface area contributed by atoms with E-state index in [1.54, 1.807) is 6.92 Å². The highest BCUT2D eigenvalue weighted by atomic mass is 19.2. The third-order valence-corrected chi connectivity index (χ3v) is 6.05. The van der Waals surface area contributed by atoms with Crippen LogP contribution in [0.15, 0.2) is 48.5 Å². The smallest absolute Gasteiger partial charge is 0.312 e. The highest BCUT2D eigenvalue weighted by Gasteiger charge is 2.36. The van der Waals surface area contributed by atoms with Crippen LogP contribution >= 0.6 is 0 Å². The van der Waals surface area contributed by atoms with Gasteiger partial charge in [-0.1, -0.05) is 36.8 Å². The van der Waals surface area contributed by atoms with Crippen LogP contribution in [-0.4, -0.2) is 23.7 Å². The highest BCUT2D eigenvalue weighted by molar-refractivity contribution is 5.73. The first-order valence-electron chi connectivity index (χ1n) is 12.2. The number of esters is 1. The Morgan fingerprint density at radius 3 is 2.55 bits per heavy atom. The van der Waals surface area contributed by atoms with Gasteiger partial charge in [-0.2, -0.15) is 23.4 Å². The lowest BCUT2D eigenvalue weighted by Gasteiger charge is -2.30. The molecule has 0 bridgehead atoms. The normalized spacial score (nSPS) is 16.8. The van der Waals surface area contributed by atoms with Gasteiger partial charge >= 0.3 is 5.97 Å². The SMILES string of the molecule is CCOC(=O)C1CCCCC1Oc1c(F)c(F)nc(Oc2cc(C#N)ccc2OCc2ccccc2)c1F. The van der Waals surface area contributed by atoms with Gasteiger partial charge in [-0.15, -0.1) is 0 Å². The first kappa shape index (κ1) is 26.8. The third-order valence-electron chi connectivity index (χ3n) is 6.05. The standard InChI is InChI=1S/C28H25F3N2O5/c1-2-35-28(34)19-10-6-7-11-20(19)37-25-23(29)26(31)33-27(24(25)30)38-22-14-18(15-32)12-13-21(22)36-16-17-8-4-3-5-9-17/h3-5,8-9,12-14,19-20H,2,6-7,10-11,16H2,1H3. The second-order valence-corrected chi connectivity index (χ2v) is 8.61. The van der Waals surface area contributed by atoms with Crippen molar-refractivity contribution in [2.24, 2.45) is 5.92 Å². The van der Waals surface area contributed by atoms with Gasteiger partial charge in [0.2, 0.25) is 17.4 Å². The molecule has 0 aliphatic heterocycles. The summed E-state index contributed by atoms with van der Waals surface area (Å²) in [5, 5.41) is 9.29. The van der Waals surface area contributed by atoms with E-state index in [1.807, 2.05) is 36.4 Å². The van der Waals surface area contributed by atoms with Crippen molar-refractivity contribution < 1.29 is 36.9 Å². The number of ether oxygens (including phenoxy) is 4. The number of hydrogen-bond acceptors (Lipinski definition) is 7. The minimum Gasteiger partial charge on any atom is -0.485 e. The molecule has 2 unspecified atom stereocenters. The van der Waals surface area contributed by atoms with Gasteiger partial charge in [0.25, 0.3) is 11.8 Å². The number of pyridine rings is 1. The second-order valence-electron chi connectivity index (χ2n) is 8.61. The van der Waals surface area contributed by atoms with E-state index >= 15 is 4.39 Å². The number of carbonyl (C=O) groups is 1. The summed E-state index contributed by atoms with van der Waals surface area (Å²) in [6.07, 6.45) is 1.18. The molecule has 0 amide bonds. The molecule has 1 saturated carbocycles. The molecule has 1 aliphatic carbocycles. The molecule has 0 radical (unpaired) electrons. The largest absolute Gasteiger partial charge is 0.485 e. The quantitative estimate of drug-likeness (QED) is 0.241. The lowest BCUT2D eigenvalue weighted by Crippen LogP contribution is -2.37. The van der Waals surface area contributed by atoms with Gasteiger partial charge in [0.1, 0.15) is 12.7 Å². The van der Waals surface area contributed by atoms with E-state index in [0.29, 0.717) is 25.7 Å². The zero-order valence-electron chi connectivity index (χ0n) is 20.6. The molecule has 1 heterocycles. The zero-order chi connectivity index (χ0) is 27.1. The Hall–Kier alpha value is -4.26. The van der Waals surface area contributed by atoms with Crippen molar-refractivity contribution in [2.45, 2.75) is 45.3 Å². The Bertz CT molecular complexity index is 1330. The summed E-state index contributed by atoms with van der Waals surface area (Å²) in [5.41, 5.74) is 0.991. The van der Waals surface area contributed by atoms with Crippen molar-refractivity contribution in [1.29, 1.82) is 5.26 Å². The van der Waals surface area contributed by atoms with Crippen molar-refractivity contribution in [3.8, 4) is 29.2 Å². The van der Waals surface area contributed by atoms with Gasteiger partial charge in [0, 0.05) is 6.07 Å². The summed E-state index contributed by atoms with van der Waals surface area (Å²) < 4.78 is 66.5. The molecule has 1 aliphatic rings. The molecule has 4 rings (SSSR count). The summed E-state index contributed by atoms with van der Waals surface area (Å²) in [6.45, 7) is 1.92. The van der Waals surface area contributed by atoms with Crippen molar-refractivity contribution in [3.63, 3.8) is 0 Å². The molecule has 0 N–H and O–H groups in total. The first-order valence-corrected chi connectivity index (χ1v) is 12.2. The van der Waals surface area contributed by atoms with Crippen LogP contribution in [0.1, 0.15) is 43.7 Å². The van der Waals surface area contributed by atoms with Crippen LogP contribution in [0.3, 0.4) is 0 Å². The molecule has 7 nitrogen and oxygen atoms in total. The number of carbonyl (C=O) groups excluding carboxylic acids is 1. The fourth-order valence-electron chi connectivity index (χ4n) is 4.17. The Labute approximate surface area is 217 Å². The number of nitriles is 1. The highest BCUT2D eigenvalue weighted by Crippen LogP contribution is 2.39. The number of rotatable bonds is 9. The van der Waals surface area contributed by atoms with Gasteiger partial charge in [-0.3, -0.25) is 4.79 Å². The molecular formula is C28H25F3N2O5. The number of benzene rings is 2. The van der Waals surface area contributed by atoms with E-state index in [1.165, 1.54) is 18.2 Å². The van der Waals surface area contributed by atoms with Gasteiger partial charge in [-0.05, 0) is 43.9 Å². The molecular weight excluding hydrogens is 501 g/mol. The van der Waals surface area contributed by atoms with Crippen LogP contribution < -0.4 is 14.2 Å². The van der Waals surface area contributed by atoms with Crippen molar-refractivity contribution >= 4 is 5.97 Å². The van der Waals surface area contributed by atoms with E-state index in [2.05, 4.69) is 4.98 Å². The molecule has 0 spiro atoms. The molecule has 1 fully saturated rings. The van der Waals surface area contributed by atoms with E-state index in [0.717, 1.165) is 5.56 Å². The van der Waals surface area contributed by atoms with Crippen molar-refractivity contribution in [2.75, 3.05) is 6.61 Å². The molecule has 0 saturated heterocycles. The predicted molar refractivity (Wildman–Crippen MR) is 129 cm³/mol. The number of halogens is 3. The summed E-state index contributed by atoms with van der Waals surface area (Å²) >= 11 is 0. The maximum atomic E-state index is 15.5. The molecule has 2 atom stereocenters. The maximum absolute atomic E-state index is 15.5. The number of aromatic nitrogens is 1. The molecule has 2 aromatic carbocycles.